The molecule has 0 atom stereocenters. The second kappa shape index (κ2) is 5.49. The number of hydrogen-bond donors (Lipinski definition) is 2. The Hall–Kier alpha value is -2.10. The molecule has 1 aromatic heterocycles. The van der Waals surface area contributed by atoms with E-state index in [0.29, 0.717) is 12.2 Å². The van der Waals surface area contributed by atoms with Crippen molar-refractivity contribution >= 4 is 5.91 Å². The Balaban J connectivity index is 1.69. The average Bonchev–Trinajstić information content (AvgIpc) is 2.89. The molecule has 1 aliphatic rings. The van der Waals surface area contributed by atoms with Crippen LogP contribution in [0.5, 0.6) is 0 Å². The summed E-state index contributed by atoms with van der Waals surface area (Å²) in [6.45, 7) is 2.59. The van der Waals surface area contributed by atoms with E-state index >= 15 is 0 Å². The van der Waals surface area contributed by atoms with E-state index in [2.05, 4.69) is 34.6 Å². The first-order valence-corrected chi connectivity index (χ1v) is 7.14. The van der Waals surface area contributed by atoms with Crippen LogP contribution in [0.1, 0.15) is 45.7 Å². The summed E-state index contributed by atoms with van der Waals surface area (Å²) in [5.74, 6) is -0.0779. The van der Waals surface area contributed by atoms with Crippen molar-refractivity contribution in [2.45, 2.75) is 39.2 Å². The summed E-state index contributed by atoms with van der Waals surface area (Å²) in [6.07, 6.45) is 4.29. The second-order valence-electron chi connectivity index (χ2n) is 5.41. The van der Waals surface area contributed by atoms with Gasteiger partial charge in [0.1, 0.15) is 0 Å². The van der Waals surface area contributed by atoms with Crippen molar-refractivity contribution in [1.82, 2.24) is 15.5 Å². The molecule has 2 N–H and O–H groups in total. The van der Waals surface area contributed by atoms with Crippen LogP contribution in [0, 0.1) is 6.92 Å². The minimum Gasteiger partial charge on any atom is -0.347 e. The van der Waals surface area contributed by atoms with Gasteiger partial charge in [-0.15, -0.1) is 0 Å². The van der Waals surface area contributed by atoms with Crippen LogP contribution < -0.4 is 5.32 Å². The third-order valence-corrected chi connectivity index (χ3v) is 3.81. The van der Waals surface area contributed by atoms with E-state index in [4.69, 9.17) is 0 Å². The zero-order valence-electron chi connectivity index (χ0n) is 11.7. The Morgan fingerprint density at radius 3 is 3.05 bits per heavy atom. The lowest BCUT2D eigenvalue weighted by Gasteiger charge is -2.11. The maximum Gasteiger partial charge on any atom is 0.272 e. The van der Waals surface area contributed by atoms with Crippen LogP contribution in [-0.2, 0) is 19.4 Å². The van der Waals surface area contributed by atoms with Crippen LogP contribution in [-0.4, -0.2) is 16.1 Å². The van der Waals surface area contributed by atoms with Crippen LogP contribution in [0.4, 0.5) is 0 Å². The summed E-state index contributed by atoms with van der Waals surface area (Å²) < 4.78 is 0. The van der Waals surface area contributed by atoms with E-state index in [1.807, 2.05) is 12.1 Å². The van der Waals surface area contributed by atoms with Crippen molar-refractivity contribution in [3.8, 4) is 0 Å². The predicted molar refractivity (Wildman–Crippen MR) is 77.6 cm³/mol. The molecule has 0 spiro atoms. The molecule has 20 heavy (non-hydrogen) atoms. The van der Waals surface area contributed by atoms with Crippen molar-refractivity contribution in [1.29, 1.82) is 0 Å². The molecular formula is C16H19N3O. The Bertz CT molecular complexity index is 630. The van der Waals surface area contributed by atoms with Crippen LogP contribution in [0.15, 0.2) is 24.3 Å². The normalized spacial score (nSPS) is 13.8. The molecule has 0 saturated heterocycles. The molecule has 1 amide bonds. The fourth-order valence-corrected chi connectivity index (χ4v) is 2.76. The Morgan fingerprint density at radius 1 is 1.35 bits per heavy atom. The Kier molecular flexibility index (Phi) is 3.54. The molecule has 1 heterocycles. The van der Waals surface area contributed by atoms with Gasteiger partial charge in [0.05, 0.1) is 0 Å². The number of carbonyl (C=O) groups is 1. The number of H-pyrrole nitrogens is 1. The summed E-state index contributed by atoms with van der Waals surface area (Å²) in [5, 5.41) is 10.2. The zero-order chi connectivity index (χ0) is 13.9. The van der Waals surface area contributed by atoms with Crippen LogP contribution in [0.25, 0.3) is 0 Å². The number of fused-ring (bicyclic) bond motifs is 1. The molecule has 0 unspecified atom stereocenters. The van der Waals surface area contributed by atoms with Gasteiger partial charge in [-0.3, -0.25) is 9.89 Å². The number of amides is 1. The van der Waals surface area contributed by atoms with Crippen molar-refractivity contribution < 1.29 is 4.79 Å². The molecule has 2 aromatic rings. The highest BCUT2D eigenvalue weighted by Crippen LogP contribution is 2.22. The van der Waals surface area contributed by atoms with Crippen LogP contribution >= 0.6 is 0 Å². The summed E-state index contributed by atoms with van der Waals surface area (Å²) >= 11 is 0. The van der Waals surface area contributed by atoms with E-state index in [-0.39, 0.29) is 5.91 Å². The number of nitrogens with zero attached hydrogens (tertiary/aromatic N) is 1. The molecule has 0 bridgehead atoms. The number of rotatable bonds is 3. The number of hydrogen-bond acceptors (Lipinski definition) is 2. The SMILES string of the molecule is Cc1cccc(CNC(=O)c2n[nH]c3c2CCCC3)c1. The summed E-state index contributed by atoms with van der Waals surface area (Å²) in [7, 11) is 0. The fourth-order valence-electron chi connectivity index (χ4n) is 2.76. The molecule has 104 valence electrons. The molecule has 0 aliphatic heterocycles. The van der Waals surface area contributed by atoms with Crippen LogP contribution in [0.2, 0.25) is 0 Å². The van der Waals surface area contributed by atoms with Gasteiger partial charge in [-0.05, 0) is 38.2 Å². The Labute approximate surface area is 118 Å². The van der Waals surface area contributed by atoms with Crippen molar-refractivity contribution in [3.63, 3.8) is 0 Å². The lowest BCUT2D eigenvalue weighted by atomic mass is 9.96. The van der Waals surface area contributed by atoms with Crippen LogP contribution in [0.3, 0.4) is 0 Å². The van der Waals surface area contributed by atoms with E-state index in [9.17, 15) is 4.79 Å². The molecule has 1 aliphatic carbocycles. The van der Waals surface area contributed by atoms with Gasteiger partial charge < -0.3 is 5.32 Å². The molecule has 3 rings (SSSR count). The van der Waals surface area contributed by atoms with Gasteiger partial charge in [0.15, 0.2) is 5.69 Å². The number of aromatic amines is 1. The summed E-state index contributed by atoms with van der Waals surface area (Å²) in [5.41, 5.74) is 5.14. The van der Waals surface area contributed by atoms with Gasteiger partial charge >= 0.3 is 0 Å². The molecule has 0 saturated carbocycles. The minimum absolute atomic E-state index is 0.0779. The number of aromatic nitrogens is 2. The molecule has 1 aromatic carbocycles. The average molecular weight is 269 g/mol. The highest BCUT2D eigenvalue weighted by Gasteiger charge is 2.21. The summed E-state index contributed by atoms with van der Waals surface area (Å²) in [6, 6.07) is 8.16. The van der Waals surface area contributed by atoms with Gasteiger partial charge in [0, 0.05) is 17.8 Å². The van der Waals surface area contributed by atoms with E-state index in [0.717, 1.165) is 36.1 Å². The quantitative estimate of drug-likeness (QED) is 0.899. The van der Waals surface area contributed by atoms with Gasteiger partial charge in [0.2, 0.25) is 0 Å². The highest BCUT2D eigenvalue weighted by atomic mass is 16.1. The maximum absolute atomic E-state index is 12.2. The minimum atomic E-state index is -0.0779. The van der Waals surface area contributed by atoms with Gasteiger partial charge in [0.25, 0.3) is 5.91 Å². The summed E-state index contributed by atoms with van der Waals surface area (Å²) in [4.78, 5) is 12.2. The maximum atomic E-state index is 12.2. The number of carbonyl (C=O) groups excluding carboxylic acids is 1. The first-order chi connectivity index (χ1) is 9.74. The number of aryl methyl sites for hydroxylation is 2. The highest BCUT2D eigenvalue weighted by molar-refractivity contribution is 5.94. The van der Waals surface area contributed by atoms with Gasteiger partial charge in [-0.25, -0.2) is 0 Å². The smallest absolute Gasteiger partial charge is 0.272 e. The van der Waals surface area contributed by atoms with E-state index in [1.165, 1.54) is 12.0 Å². The third kappa shape index (κ3) is 2.59. The molecule has 4 heteroatoms. The number of nitrogens with one attached hydrogen (secondary N) is 2. The predicted octanol–water partition coefficient (Wildman–Crippen LogP) is 2.53. The topological polar surface area (TPSA) is 57.8 Å². The van der Waals surface area contributed by atoms with Crippen molar-refractivity contribution in [2.75, 3.05) is 0 Å². The zero-order valence-corrected chi connectivity index (χ0v) is 11.7. The molecule has 4 nitrogen and oxygen atoms in total. The largest absolute Gasteiger partial charge is 0.347 e. The molecule has 0 fully saturated rings. The van der Waals surface area contributed by atoms with E-state index < -0.39 is 0 Å². The van der Waals surface area contributed by atoms with E-state index in [1.54, 1.807) is 0 Å². The van der Waals surface area contributed by atoms with Gasteiger partial charge in [-0.1, -0.05) is 29.8 Å². The third-order valence-electron chi connectivity index (χ3n) is 3.81. The van der Waals surface area contributed by atoms with Crippen molar-refractivity contribution in [3.05, 3.63) is 52.3 Å². The first kappa shape index (κ1) is 12.9. The molecular weight excluding hydrogens is 250 g/mol. The lowest BCUT2D eigenvalue weighted by molar-refractivity contribution is 0.0945. The van der Waals surface area contributed by atoms with Gasteiger partial charge in [-0.2, -0.15) is 5.10 Å². The molecule has 0 radical (unpaired) electrons. The lowest BCUT2D eigenvalue weighted by Crippen LogP contribution is -2.24. The standard InChI is InChI=1S/C16H19N3O/c1-11-5-4-6-12(9-11)10-17-16(20)15-13-7-2-3-8-14(13)18-19-15/h4-6,9H,2-3,7-8,10H2,1H3,(H,17,20)(H,18,19). The van der Waals surface area contributed by atoms with Crippen molar-refractivity contribution in [2.24, 2.45) is 0 Å². The number of benzene rings is 1. The second-order valence-corrected chi connectivity index (χ2v) is 5.41. The monoisotopic (exact) mass is 269 g/mol. The fraction of sp³-hybridized carbons (Fsp3) is 0.375. The Morgan fingerprint density at radius 2 is 2.20 bits per heavy atom. The first-order valence-electron chi connectivity index (χ1n) is 7.14.